The van der Waals surface area contributed by atoms with Gasteiger partial charge in [-0.05, 0) is 24.3 Å². The lowest BCUT2D eigenvalue weighted by molar-refractivity contribution is -0.0451. The van der Waals surface area contributed by atoms with Crippen molar-refractivity contribution >= 4 is 0 Å². The van der Waals surface area contributed by atoms with Crippen molar-refractivity contribution < 1.29 is 4.74 Å². The van der Waals surface area contributed by atoms with E-state index in [1.165, 1.54) is 24.8 Å². The number of nitrogens with one attached hydrogen (secondary N) is 1. The predicted molar refractivity (Wildman–Crippen MR) is 59.4 cm³/mol. The first-order valence-corrected chi connectivity index (χ1v) is 5.86. The third-order valence-corrected chi connectivity index (χ3v) is 3.60. The Labute approximate surface area is 90.6 Å². The zero-order valence-electron chi connectivity index (χ0n) is 8.86. The Bertz CT molecular complexity index is 325. The van der Waals surface area contributed by atoms with Gasteiger partial charge >= 0.3 is 0 Å². The first-order valence-electron chi connectivity index (χ1n) is 5.86. The number of ether oxygens (including phenoxy) is 1. The van der Waals surface area contributed by atoms with Gasteiger partial charge in [-0.15, -0.1) is 0 Å². The molecule has 1 aliphatic heterocycles. The van der Waals surface area contributed by atoms with Crippen LogP contribution in [0.5, 0.6) is 0 Å². The molecule has 0 radical (unpaired) electrons. The van der Waals surface area contributed by atoms with Crippen LogP contribution in [0.4, 0.5) is 0 Å². The molecule has 3 atom stereocenters. The molecule has 0 spiro atoms. The van der Waals surface area contributed by atoms with E-state index >= 15 is 0 Å². The quantitative estimate of drug-likeness (QED) is 0.757. The lowest BCUT2D eigenvalue weighted by Crippen LogP contribution is -2.43. The van der Waals surface area contributed by atoms with Crippen molar-refractivity contribution in [2.24, 2.45) is 5.92 Å². The molecule has 1 heterocycles. The van der Waals surface area contributed by atoms with E-state index in [1.54, 1.807) is 0 Å². The maximum Gasteiger partial charge on any atom is 0.134 e. The maximum atomic E-state index is 5.87. The molecule has 0 bridgehead atoms. The van der Waals surface area contributed by atoms with Gasteiger partial charge in [0, 0.05) is 6.04 Å². The zero-order valence-corrected chi connectivity index (χ0v) is 8.86. The molecular formula is C13H17NO. The first kappa shape index (κ1) is 9.37. The van der Waals surface area contributed by atoms with Crippen molar-refractivity contribution in [3.63, 3.8) is 0 Å². The van der Waals surface area contributed by atoms with Gasteiger partial charge in [0.1, 0.15) is 6.23 Å². The number of hydrogen-bond acceptors (Lipinski definition) is 2. The Morgan fingerprint density at radius 3 is 2.87 bits per heavy atom. The predicted octanol–water partition coefficient (Wildman–Crippen LogP) is 2.47. The van der Waals surface area contributed by atoms with Gasteiger partial charge in [0.15, 0.2) is 0 Å². The summed E-state index contributed by atoms with van der Waals surface area (Å²) in [7, 11) is 0. The van der Waals surface area contributed by atoms with E-state index in [-0.39, 0.29) is 6.23 Å². The van der Waals surface area contributed by atoms with Crippen LogP contribution in [0.2, 0.25) is 0 Å². The number of hydrogen-bond donors (Lipinski definition) is 1. The second kappa shape index (κ2) is 3.95. The standard InChI is InChI=1S/C13H17NO/c1-2-5-10(6-3-1)13-14-12-8-4-7-11(12)9-15-13/h1-3,5-6,11-14H,4,7-9H2/t11-,12-,13-/m0/s1. The summed E-state index contributed by atoms with van der Waals surface area (Å²) in [5, 5.41) is 3.61. The van der Waals surface area contributed by atoms with E-state index in [4.69, 9.17) is 4.74 Å². The highest BCUT2D eigenvalue weighted by atomic mass is 16.5. The summed E-state index contributed by atoms with van der Waals surface area (Å²) in [6.07, 6.45) is 4.12. The van der Waals surface area contributed by atoms with Gasteiger partial charge in [0.2, 0.25) is 0 Å². The molecule has 1 saturated heterocycles. The molecule has 1 aliphatic carbocycles. The summed E-state index contributed by atoms with van der Waals surface area (Å²) in [4.78, 5) is 0. The summed E-state index contributed by atoms with van der Waals surface area (Å²) in [6, 6.07) is 11.1. The van der Waals surface area contributed by atoms with Crippen LogP contribution in [0.3, 0.4) is 0 Å². The normalized spacial score (nSPS) is 35.1. The molecule has 1 saturated carbocycles. The van der Waals surface area contributed by atoms with Crippen LogP contribution in [0.1, 0.15) is 31.1 Å². The van der Waals surface area contributed by atoms with Crippen LogP contribution in [-0.4, -0.2) is 12.6 Å². The van der Waals surface area contributed by atoms with Crippen LogP contribution in [0.15, 0.2) is 30.3 Å². The number of benzene rings is 1. The monoisotopic (exact) mass is 203 g/mol. The van der Waals surface area contributed by atoms with Gasteiger partial charge < -0.3 is 4.74 Å². The topological polar surface area (TPSA) is 21.3 Å². The van der Waals surface area contributed by atoms with Crippen LogP contribution < -0.4 is 5.32 Å². The highest BCUT2D eigenvalue weighted by Crippen LogP contribution is 2.33. The Morgan fingerprint density at radius 1 is 1.13 bits per heavy atom. The van der Waals surface area contributed by atoms with E-state index < -0.39 is 0 Å². The summed E-state index contributed by atoms with van der Waals surface area (Å²) in [6.45, 7) is 0.928. The van der Waals surface area contributed by atoms with Gasteiger partial charge in [-0.1, -0.05) is 36.8 Å². The molecule has 1 aromatic carbocycles. The minimum atomic E-state index is 0.116. The maximum absolute atomic E-state index is 5.87. The summed E-state index contributed by atoms with van der Waals surface area (Å²) >= 11 is 0. The van der Waals surface area contributed by atoms with Crippen molar-refractivity contribution in [1.82, 2.24) is 5.32 Å². The Kier molecular flexibility index (Phi) is 2.47. The Morgan fingerprint density at radius 2 is 2.00 bits per heavy atom. The van der Waals surface area contributed by atoms with Crippen molar-refractivity contribution in [2.75, 3.05) is 6.61 Å². The summed E-state index contributed by atoms with van der Waals surface area (Å²) < 4.78 is 5.87. The molecule has 3 rings (SSSR count). The molecule has 0 amide bonds. The minimum absolute atomic E-state index is 0.116. The van der Waals surface area contributed by atoms with Crippen LogP contribution in [0, 0.1) is 5.92 Å². The lowest BCUT2D eigenvalue weighted by Gasteiger charge is -2.33. The SMILES string of the molecule is c1ccc([C@H]2N[C@H]3CCC[C@H]3CO2)cc1. The lowest BCUT2D eigenvalue weighted by atomic mass is 10.0. The Hall–Kier alpha value is -0.860. The molecule has 1 aromatic rings. The van der Waals surface area contributed by atoms with Crippen molar-refractivity contribution in [3.8, 4) is 0 Å². The van der Waals surface area contributed by atoms with Gasteiger partial charge in [0.05, 0.1) is 6.61 Å². The van der Waals surface area contributed by atoms with Crippen LogP contribution in [-0.2, 0) is 4.74 Å². The van der Waals surface area contributed by atoms with Gasteiger partial charge in [0.25, 0.3) is 0 Å². The fourth-order valence-corrected chi connectivity index (χ4v) is 2.74. The number of rotatable bonds is 1. The van der Waals surface area contributed by atoms with Crippen molar-refractivity contribution in [3.05, 3.63) is 35.9 Å². The number of fused-ring (bicyclic) bond motifs is 1. The molecule has 2 nitrogen and oxygen atoms in total. The molecule has 2 aliphatic rings. The molecule has 2 heteroatoms. The van der Waals surface area contributed by atoms with Crippen LogP contribution >= 0.6 is 0 Å². The van der Waals surface area contributed by atoms with E-state index in [2.05, 4.69) is 29.6 Å². The van der Waals surface area contributed by atoms with Crippen molar-refractivity contribution in [1.29, 1.82) is 0 Å². The van der Waals surface area contributed by atoms with E-state index in [9.17, 15) is 0 Å². The minimum Gasteiger partial charge on any atom is -0.359 e. The van der Waals surface area contributed by atoms with E-state index in [0.29, 0.717) is 6.04 Å². The zero-order chi connectivity index (χ0) is 10.1. The molecule has 0 unspecified atom stereocenters. The third-order valence-electron chi connectivity index (χ3n) is 3.60. The van der Waals surface area contributed by atoms with E-state index in [1.807, 2.05) is 6.07 Å². The molecule has 15 heavy (non-hydrogen) atoms. The summed E-state index contributed by atoms with van der Waals surface area (Å²) in [5.74, 6) is 0.755. The fraction of sp³-hybridized carbons (Fsp3) is 0.538. The summed E-state index contributed by atoms with van der Waals surface area (Å²) in [5.41, 5.74) is 1.25. The van der Waals surface area contributed by atoms with E-state index in [0.717, 1.165) is 12.5 Å². The highest BCUT2D eigenvalue weighted by molar-refractivity contribution is 5.17. The average molecular weight is 203 g/mol. The van der Waals surface area contributed by atoms with Gasteiger partial charge in [-0.3, -0.25) is 5.32 Å². The molecular weight excluding hydrogens is 186 g/mol. The molecule has 2 fully saturated rings. The Balaban J connectivity index is 1.74. The first-order chi connectivity index (χ1) is 7.43. The molecule has 1 N–H and O–H groups in total. The smallest absolute Gasteiger partial charge is 0.134 e. The second-order valence-corrected chi connectivity index (χ2v) is 4.59. The largest absolute Gasteiger partial charge is 0.359 e. The van der Waals surface area contributed by atoms with Crippen molar-refractivity contribution in [2.45, 2.75) is 31.5 Å². The fourth-order valence-electron chi connectivity index (χ4n) is 2.74. The van der Waals surface area contributed by atoms with Gasteiger partial charge in [-0.25, -0.2) is 0 Å². The third kappa shape index (κ3) is 1.80. The van der Waals surface area contributed by atoms with Gasteiger partial charge in [-0.2, -0.15) is 0 Å². The van der Waals surface area contributed by atoms with Crippen LogP contribution in [0.25, 0.3) is 0 Å². The molecule has 0 aromatic heterocycles. The highest BCUT2D eigenvalue weighted by Gasteiger charge is 2.34. The molecule has 80 valence electrons. The average Bonchev–Trinajstić information content (AvgIpc) is 2.77. The second-order valence-electron chi connectivity index (χ2n) is 4.59.